The molecule has 0 heterocycles. The van der Waals surface area contributed by atoms with Crippen LogP contribution in [-0.4, -0.2) is 38.6 Å². The highest BCUT2D eigenvalue weighted by Gasteiger charge is 2.18. The molecule has 132 valence electrons. The number of hydrogen-bond acceptors (Lipinski definition) is 4. The van der Waals surface area contributed by atoms with Crippen LogP contribution in [0.25, 0.3) is 0 Å². The van der Waals surface area contributed by atoms with E-state index in [0.29, 0.717) is 12.5 Å². The van der Waals surface area contributed by atoms with Gasteiger partial charge in [0.2, 0.25) is 5.91 Å². The van der Waals surface area contributed by atoms with Crippen LogP contribution in [0, 0.1) is 5.92 Å². The number of nitrogens with one attached hydrogen (secondary N) is 2. The van der Waals surface area contributed by atoms with Crippen molar-refractivity contribution >= 4 is 11.8 Å². The van der Waals surface area contributed by atoms with E-state index in [4.69, 9.17) is 4.74 Å². The molecule has 6 nitrogen and oxygen atoms in total. The number of hydrogen-bond donors (Lipinski definition) is 2. The van der Waals surface area contributed by atoms with Crippen LogP contribution in [0.2, 0.25) is 0 Å². The lowest BCUT2D eigenvalue weighted by molar-refractivity contribution is -0.120. The molecule has 8 heteroatoms. The minimum atomic E-state index is -2.99. The summed E-state index contributed by atoms with van der Waals surface area (Å²) in [5, 5.41) is 5.24. The number of alkyl halides is 2. The predicted octanol–water partition coefficient (Wildman–Crippen LogP) is 1.94. The molecule has 1 saturated carbocycles. The first-order chi connectivity index (χ1) is 11.5. The van der Waals surface area contributed by atoms with E-state index >= 15 is 0 Å². The van der Waals surface area contributed by atoms with E-state index in [-0.39, 0.29) is 29.5 Å². The normalized spacial score (nSPS) is 14.0. The Kier molecular flexibility index (Phi) is 6.34. The maximum Gasteiger partial charge on any atom is 0.387 e. The average molecular weight is 342 g/mol. The van der Waals surface area contributed by atoms with Gasteiger partial charge in [0.1, 0.15) is 0 Å². The van der Waals surface area contributed by atoms with Crippen molar-refractivity contribution in [2.75, 3.05) is 20.2 Å². The second-order valence-corrected chi connectivity index (χ2v) is 5.53. The van der Waals surface area contributed by atoms with Crippen LogP contribution < -0.4 is 20.1 Å². The number of rotatable bonds is 8. The fourth-order valence-corrected chi connectivity index (χ4v) is 2.28. The number of ether oxygens (including phenoxy) is 2. The topological polar surface area (TPSA) is 76.7 Å². The first-order valence-electron chi connectivity index (χ1n) is 7.67. The van der Waals surface area contributed by atoms with Gasteiger partial charge in [-0.3, -0.25) is 9.59 Å². The first kappa shape index (κ1) is 18.0. The molecule has 1 aliphatic carbocycles. The second kappa shape index (κ2) is 8.47. The third-order valence-corrected chi connectivity index (χ3v) is 3.86. The van der Waals surface area contributed by atoms with E-state index in [9.17, 15) is 18.4 Å². The van der Waals surface area contributed by atoms with Gasteiger partial charge in [-0.15, -0.1) is 0 Å². The summed E-state index contributed by atoms with van der Waals surface area (Å²) in [6.45, 7) is -2.51. The first-order valence-corrected chi connectivity index (χ1v) is 7.67. The van der Waals surface area contributed by atoms with Crippen molar-refractivity contribution in [3.05, 3.63) is 23.8 Å². The molecular formula is C16H20F2N2O4. The lowest BCUT2D eigenvalue weighted by Crippen LogP contribution is -2.39. The van der Waals surface area contributed by atoms with Crippen LogP contribution in [0.1, 0.15) is 29.6 Å². The van der Waals surface area contributed by atoms with Crippen LogP contribution in [0.3, 0.4) is 0 Å². The van der Waals surface area contributed by atoms with Crippen LogP contribution in [-0.2, 0) is 4.79 Å². The molecule has 2 amide bonds. The molecule has 1 aromatic rings. The molecule has 1 aromatic carbocycles. The minimum Gasteiger partial charge on any atom is -0.493 e. The van der Waals surface area contributed by atoms with Crippen molar-refractivity contribution in [2.24, 2.45) is 5.92 Å². The van der Waals surface area contributed by atoms with E-state index in [0.717, 1.165) is 12.8 Å². The van der Waals surface area contributed by atoms with Gasteiger partial charge in [-0.05, 0) is 37.0 Å². The lowest BCUT2D eigenvalue weighted by Gasteiger charge is -2.25. The van der Waals surface area contributed by atoms with Gasteiger partial charge >= 0.3 is 6.61 Å². The summed E-state index contributed by atoms with van der Waals surface area (Å²) in [4.78, 5) is 23.7. The van der Waals surface area contributed by atoms with Gasteiger partial charge in [0.15, 0.2) is 11.5 Å². The number of amides is 2. The molecule has 2 rings (SSSR count). The molecule has 0 atom stereocenters. The molecule has 1 aliphatic rings. The van der Waals surface area contributed by atoms with Crippen molar-refractivity contribution < 1.29 is 27.8 Å². The Bertz CT molecular complexity index is 591. The van der Waals surface area contributed by atoms with Gasteiger partial charge < -0.3 is 20.1 Å². The van der Waals surface area contributed by atoms with E-state index in [1.54, 1.807) is 0 Å². The maximum atomic E-state index is 12.3. The number of carbonyl (C=O) groups excluding carboxylic acids is 2. The van der Waals surface area contributed by atoms with Gasteiger partial charge in [-0.25, -0.2) is 0 Å². The molecular weight excluding hydrogens is 322 g/mol. The van der Waals surface area contributed by atoms with Crippen molar-refractivity contribution in [1.82, 2.24) is 10.6 Å². The third-order valence-electron chi connectivity index (χ3n) is 3.86. The van der Waals surface area contributed by atoms with Crippen molar-refractivity contribution in [3.63, 3.8) is 0 Å². The van der Waals surface area contributed by atoms with E-state index in [1.165, 1.54) is 31.7 Å². The molecule has 24 heavy (non-hydrogen) atoms. The van der Waals surface area contributed by atoms with Gasteiger partial charge in [0, 0.05) is 12.1 Å². The SMILES string of the molecule is COc1cc(C(=O)NCC(=O)NCC2CCC2)ccc1OC(F)F. The summed E-state index contributed by atoms with van der Waals surface area (Å²) >= 11 is 0. The molecule has 0 spiro atoms. The van der Waals surface area contributed by atoms with Crippen LogP contribution in [0.5, 0.6) is 11.5 Å². The molecule has 1 fully saturated rings. The number of methoxy groups -OCH3 is 1. The summed E-state index contributed by atoms with van der Waals surface area (Å²) < 4.78 is 33.7. The fraction of sp³-hybridized carbons (Fsp3) is 0.500. The van der Waals surface area contributed by atoms with Crippen LogP contribution in [0.15, 0.2) is 18.2 Å². The molecule has 0 aliphatic heterocycles. The average Bonchev–Trinajstić information content (AvgIpc) is 2.51. The Labute approximate surface area is 138 Å². The lowest BCUT2D eigenvalue weighted by atomic mass is 9.85. The predicted molar refractivity (Wildman–Crippen MR) is 82.3 cm³/mol. The van der Waals surface area contributed by atoms with E-state index < -0.39 is 12.5 Å². The van der Waals surface area contributed by atoms with Crippen LogP contribution in [0.4, 0.5) is 8.78 Å². The maximum absolute atomic E-state index is 12.3. The largest absolute Gasteiger partial charge is 0.493 e. The van der Waals surface area contributed by atoms with E-state index in [1.807, 2.05) is 0 Å². The van der Waals surface area contributed by atoms with Crippen molar-refractivity contribution in [1.29, 1.82) is 0 Å². The molecule has 0 radical (unpaired) electrons. The molecule has 0 unspecified atom stereocenters. The van der Waals surface area contributed by atoms with E-state index in [2.05, 4.69) is 15.4 Å². The summed E-state index contributed by atoms with van der Waals surface area (Å²) in [7, 11) is 1.28. The Morgan fingerprint density at radius 1 is 1.25 bits per heavy atom. The van der Waals surface area contributed by atoms with Gasteiger partial charge in [-0.1, -0.05) is 6.42 Å². The highest BCUT2D eigenvalue weighted by atomic mass is 19.3. The molecule has 0 bridgehead atoms. The molecule has 2 N–H and O–H groups in total. The van der Waals surface area contributed by atoms with Crippen LogP contribution >= 0.6 is 0 Å². The highest BCUT2D eigenvalue weighted by molar-refractivity contribution is 5.97. The fourth-order valence-electron chi connectivity index (χ4n) is 2.28. The standard InChI is InChI=1S/C16H20F2N2O4/c1-23-13-7-11(5-6-12(13)24-16(17)18)15(22)20-9-14(21)19-8-10-3-2-4-10/h5-7,10,16H,2-4,8-9H2,1H3,(H,19,21)(H,20,22). The Hall–Kier alpha value is -2.38. The summed E-state index contributed by atoms with van der Waals surface area (Å²) in [6, 6.07) is 3.82. The van der Waals surface area contributed by atoms with Crippen molar-refractivity contribution in [3.8, 4) is 11.5 Å². The third kappa shape index (κ3) is 5.07. The Balaban J connectivity index is 1.85. The quantitative estimate of drug-likeness (QED) is 0.757. The van der Waals surface area contributed by atoms with Gasteiger partial charge in [0.05, 0.1) is 13.7 Å². The van der Waals surface area contributed by atoms with Gasteiger partial charge in [0.25, 0.3) is 5.91 Å². The zero-order chi connectivity index (χ0) is 17.5. The highest BCUT2D eigenvalue weighted by Crippen LogP contribution is 2.29. The monoisotopic (exact) mass is 342 g/mol. The summed E-state index contributed by atoms with van der Waals surface area (Å²) in [5.41, 5.74) is 0.181. The van der Waals surface area contributed by atoms with Crippen molar-refractivity contribution in [2.45, 2.75) is 25.9 Å². The summed E-state index contributed by atoms with van der Waals surface area (Å²) in [5.74, 6) is -0.383. The number of halogens is 2. The summed E-state index contributed by atoms with van der Waals surface area (Å²) in [6.07, 6.45) is 3.45. The Morgan fingerprint density at radius 3 is 2.58 bits per heavy atom. The zero-order valence-corrected chi connectivity index (χ0v) is 13.3. The van der Waals surface area contributed by atoms with Gasteiger partial charge in [-0.2, -0.15) is 8.78 Å². The smallest absolute Gasteiger partial charge is 0.387 e. The zero-order valence-electron chi connectivity index (χ0n) is 13.3. The Morgan fingerprint density at radius 2 is 2.00 bits per heavy atom. The second-order valence-electron chi connectivity index (χ2n) is 5.53. The number of benzene rings is 1. The molecule has 0 saturated heterocycles. The minimum absolute atomic E-state index is 0.0115. The number of carbonyl (C=O) groups is 2. The molecule has 0 aromatic heterocycles.